The second-order valence-corrected chi connectivity index (χ2v) is 6.49. The van der Waals surface area contributed by atoms with Gasteiger partial charge >= 0.3 is 0 Å². The van der Waals surface area contributed by atoms with Crippen molar-refractivity contribution in [2.45, 2.75) is 46.7 Å². The topological polar surface area (TPSA) is 46.9 Å². The Bertz CT molecular complexity index is 633. The minimum Gasteiger partial charge on any atom is -0.347 e. The number of hydrogen-bond donors (Lipinski definition) is 1. The van der Waals surface area contributed by atoms with Crippen molar-refractivity contribution in [2.75, 3.05) is 0 Å². The van der Waals surface area contributed by atoms with Crippen molar-refractivity contribution in [3.63, 3.8) is 0 Å². The summed E-state index contributed by atoms with van der Waals surface area (Å²) in [6.07, 6.45) is 0. The summed E-state index contributed by atoms with van der Waals surface area (Å²) in [5.41, 5.74) is 3.76. The van der Waals surface area contributed by atoms with E-state index in [2.05, 4.69) is 16.5 Å². The predicted octanol–water partition coefficient (Wildman–Crippen LogP) is 3.08. The van der Waals surface area contributed by atoms with Gasteiger partial charge in [-0.2, -0.15) is 5.10 Å². The molecule has 0 unspecified atom stereocenters. The van der Waals surface area contributed by atoms with E-state index in [9.17, 15) is 4.79 Å². The van der Waals surface area contributed by atoms with Gasteiger partial charge in [-0.15, -0.1) is 0 Å². The van der Waals surface area contributed by atoms with Gasteiger partial charge in [-0.3, -0.25) is 9.48 Å². The minimum absolute atomic E-state index is 0.0415. The van der Waals surface area contributed by atoms with Crippen LogP contribution in [0.3, 0.4) is 0 Å². The van der Waals surface area contributed by atoms with Gasteiger partial charge in [-0.05, 0) is 58.4 Å². The van der Waals surface area contributed by atoms with Crippen molar-refractivity contribution < 1.29 is 4.79 Å². The van der Waals surface area contributed by atoms with Crippen molar-refractivity contribution in [3.8, 4) is 0 Å². The molecule has 0 bridgehead atoms. The lowest BCUT2D eigenvalue weighted by molar-refractivity contribution is 0.0919. The molecule has 112 valence electrons. The molecule has 1 amide bonds. The summed E-state index contributed by atoms with van der Waals surface area (Å²) in [4.78, 5) is 12.1. The molecule has 0 aliphatic rings. The third-order valence-electron chi connectivity index (χ3n) is 3.14. The third kappa shape index (κ3) is 4.18. The molecule has 2 aromatic rings. The molecule has 4 heteroatoms. The smallest absolute Gasteiger partial charge is 0.251 e. The Morgan fingerprint density at radius 1 is 1.19 bits per heavy atom. The molecule has 4 nitrogen and oxygen atoms in total. The van der Waals surface area contributed by atoms with Crippen LogP contribution in [0.15, 0.2) is 30.3 Å². The number of nitrogens with zero attached hydrogens (tertiary/aromatic N) is 2. The molecular formula is C17H23N3O. The van der Waals surface area contributed by atoms with E-state index in [-0.39, 0.29) is 11.4 Å². The SMILES string of the molecule is Cc1cc(C)n(Cc2ccc(C(=O)NC(C)(C)C)cc2)n1. The second kappa shape index (κ2) is 5.72. The van der Waals surface area contributed by atoms with Gasteiger partial charge in [0.1, 0.15) is 0 Å². The first-order valence-corrected chi connectivity index (χ1v) is 7.17. The van der Waals surface area contributed by atoms with Gasteiger partial charge < -0.3 is 5.32 Å². The van der Waals surface area contributed by atoms with E-state index in [1.807, 2.05) is 63.6 Å². The van der Waals surface area contributed by atoms with Crippen molar-refractivity contribution in [3.05, 3.63) is 52.8 Å². The molecule has 0 aliphatic heterocycles. The van der Waals surface area contributed by atoms with Crippen LogP contribution in [-0.4, -0.2) is 21.2 Å². The van der Waals surface area contributed by atoms with Crippen molar-refractivity contribution in [1.82, 2.24) is 15.1 Å². The third-order valence-corrected chi connectivity index (χ3v) is 3.14. The zero-order chi connectivity index (χ0) is 15.6. The fraction of sp³-hybridized carbons (Fsp3) is 0.412. The zero-order valence-corrected chi connectivity index (χ0v) is 13.4. The molecule has 2 rings (SSSR count). The van der Waals surface area contributed by atoms with E-state index >= 15 is 0 Å². The highest BCUT2D eigenvalue weighted by Gasteiger charge is 2.15. The maximum Gasteiger partial charge on any atom is 0.251 e. The van der Waals surface area contributed by atoms with Crippen molar-refractivity contribution >= 4 is 5.91 Å². The van der Waals surface area contributed by atoms with E-state index in [1.165, 1.54) is 0 Å². The van der Waals surface area contributed by atoms with Gasteiger partial charge in [-0.1, -0.05) is 12.1 Å². The Hall–Kier alpha value is -2.10. The van der Waals surface area contributed by atoms with E-state index in [4.69, 9.17) is 0 Å². The van der Waals surface area contributed by atoms with Crippen LogP contribution in [0.5, 0.6) is 0 Å². The van der Waals surface area contributed by atoms with Gasteiger partial charge in [0.25, 0.3) is 5.91 Å². The molecule has 0 spiro atoms. The average molecular weight is 285 g/mol. The summed E-state index contributed by atoms with van der Waals surface area (Å²) in [7, 11) is 0. The van der Waals surface area contributed by atoms with Gasteiger partial charge in [0.05, 0.1) is 12.2 Å². The molecule has 0 radical (unpaired) electrons. The minimum atomic E-state index is -0.223. The van der Waals surface area contributed by atoms with Crippen LogP contribution in [0.2, 0.25) is 0 Å². The van der Waals surface area contributed by atoms with Crippen LogP contribution in [0.25, 0.3) is 0 Å². The summed E-state index contributed by atoms with van der Waals surface area (Å²) in [6, 6.07) is 9.75. The number of benzene rings is 1. The van der Waals surface area contributed by atoms with Crippen LogP contribution in [-0.2, 0) is 6.54 Å². The van der Waals surface area contributed by atoms with Crippen LogP contribution in [0, 0.1) is 13.8 Å². The Balaban J connectivity index is 2.09. The Kier molecular flexibility index (Phi) is 4.16. The largest absolute Gasteiger partial charge is 0.347 e. The first-order valence-electron chi connectivity index (χ1n) is 7.17. The molecule has 0 aliphatic carbocycles. The Morgan fingerprint density at radius 3 is 2.29 bits per heavy atom. The molecule has 1 aromatic carbocycles. The standard InChI is InChI=1S/C17H23N3O/c1-12-10-13(2)20(19-12)11-14-6-8-15(9-7-14)16(21)18-17(3,4)5/h6-10H,11H2,1-5H3,(H,18,21). The van der Waals surface area contributed by atoms with Gasteiger partial charge in [-0.25, -0.2) is 0 Å². The molecule has 0 fully saturated rings. The Morgan fingerprint density at radius 2 is 1.81 bits per heavy atom. The average Bonchev–Trinajstić information content (AvgIpc) is 2.66. The maximum atomic E-state index is 12.1. The lowest BCUT2D eigenvalue weighted by Gasteiger charge is -2.20. The van der Waals surface area contributed by atoms with E-state index < -0.39 is 0 Å². The molecule has 0 saturated heterocycles. The lowest BCUT2D eigenvalue weighted by Crippen LogP contribution is -2.40. The monoisotopic (exact) mass is 285 g/mol. The number of aryl methyl sites for hydroxylation is 2. The van der Waals surface area contributed by atoms with Crippen molar-refractivity contribution in [2.24, 2.45) is 0 Å². The summed E-state index contributed by atoms with van der Waals surface area (Å²) in [6.45, 7) is 10.7. The van der Waals surface area contributed by atoms with Crippen molar-refractivity contribution in [1.29, 1.82) is 0 Å². The molecule has 1 N–H and O–H groups in total. The molecule has 21 heavy (non-hydrogen) atoms. The van der Waals surface area contributed by atoms with Gasteiger partial charge in [0.2, 0.25) is 0 Å². The molecule has 1 heterocycles. The number of aromatic nitrogens is 2. The second-order valence-electron chi connectivity index (χ2n) is 6.49. The fourth-order valence-corrected chi connectivity index (χ4v) is 2.18. The first-order chi connectivity index (χ1) is 9.74. The molecule has 0 saturated carbocycles. The summed E-state index contributed by atoms with van der Waals surface area (Å²) in [5.74, 6) is -0.0415. The molecule has 0 atom stereocenters. The molecular weight excluding hydrogens is 262 g/mol. The summed E-state index contributed by atoms with van der Waals surface area (Å²) in [5, 5.41) is 7.41. The van der Waals surface area contributed by atoms with E-state index in [1.54, 1.807) is 0 Å². The quantitative estimate of drug-likeness (QED) is 0.942. The number of carbonyl (C=O) groups is 1. The zero-order valence-electron chi connectivity index (χ0n) is 13.4. The highest BCUT2D eigenvalue weighted by molar-refractivity contribution is 5.94. The maximum absolute atomic E-state index is 12.1. The summed E-state index contributed by atoms with van der Waals surface area (Å²) >= 11 is 0. The van der Waals surface area contributed by atoms with E-state index in [0.717, 1.165) is 23.5 Å². The number of hydrogen-bond acceptors (Lipinski definition) is 2. The van der Waals surface area contributed by atoms with Gasteiger partial charge in [0, 0.05) is 16.8 Å². The lowest BCUT2D eigenvalue weighted by atomic mass is 10.1. The number of nitrogens with one attached hydrogen (secondary N) is 1. The highest BCUT2D eigenvalue weighted by Crippen LogP contribution is 2.10. The first kappa shape index (κ1) is 15.3. The highest BCUT2D eigenvalue weighted by atomic mass is 16.1. The number of amides is 1. The predicted molar refractivity (Wildman–Crippen MR) is 84.5 cm³/mol. The van der Waals surface area contributed by atoms with Crippen LogP contribution < -0.4 is 5.32 Å². The molecule has 1 aromatic heterocycles. The van der Waals surface area contributed by atoms with Crippen LogP contribution >= 0.6 is 0 Å². The number of rotatable bonds is 3. The normalized spacial score (nSPS) is 11.5. The van der Waals surface area contributed by atoms with E-state index in [0.29, 0.717) is 5.56 Å². The summed E-state index contributed by atoms with van der Waals surface area (Å²) < 4.78 is 1.97. The number of carbonyl (C=O) groups excluding carboxylic acids is 1. The fourth-order valence-electron chi connectivity index (χ4n) is 2.18. The van der Waals surface area contributed by atoms with Gasteiger partial charge in [0.15, 0.2) is 0 Å². The van der Waals surface area contributed by atoms with Crippen LogP contribution in [0.1, 0.15) is 48.1 Å². The Labute approximate surface area is 126 Å². The van der Waals surface area contributed by atoms with Crippen LogP contribution in [0.4, 0.5) is 0 Å².